The average Bonchev–Trinajstić information content (AvgIpc) is 3.43. The normalized spacial score (nSPS) is 20.8. The number of benzene rings is 2. The summed E-state index contributed by atoms with van der Waals surface area (Å²) >= 11 is 0. The first-order valence-electron chi connectivity index (χ1n) is 8.74. The minimum Gasteiger partial charge on any atom is -0.466 e. The fourth-order valence-electron chi connectivity index (χ4n) is 3.64. The maximum absolute atomic E-state index is 12.8. The van der Waals surface area contributed by atoms with Crippen LogP contribution in [-0.2, 0) is 14.3 Å². The number of Topliss-reactive ketones (excluding diaryl/α,β-unsaturated/α-hetero) is 1. The molecule has 1 fully saturated rings. The number of esters is 1. The van der Waals surface area contributed by atoms with Crippen LogP contribution in [0.4, 0.5) is 0 Å². The minimum absolute atomic E-state index is 0.0305. The SMILES string of the molecule is CCOC(=O)[C@H]1C[C@@H]1C(=O)CC1c2ccccc2Oc2ccccc21. The minimum atomic E-state index is -0.252. The van der Waals surface area contributed by atoms with Gasteiger partial charge in [0.2, 0.25) is 0 Å². The van der Waals surface area contributed by atoms with Crippen LogP contribution in [0.25, 0.3) is 0 Å². The number of rotatable bonds is 5. The quantitative estimate of drug-likeness (QED) is 0.772. The van der Waals surface area contributed by atoms with Gasteiger partial charge in [-0.1, -0.05) is 36.4 Å². The second-order valence-corrected chi connectivity index (χ2v) is 6.60. The summed E-state index contributed by atoms with van der Waals surface area (Å²) in [5.41, 5.74) is 2.06. The van der Waals surface area contributed by atoms with E-state index in [1.165, 1.54) is 0 Å². The van der Waals surface area contributed by atoms with E-state index in [1.807, 2.05) is 48.5 Å². The van der Waals surface area contributed by atoms with Crippen LogP contribution < -0.4 is 4.74 Å². The van der Waals surface area contributed by atoms with Crippen LogP contribution in [0.3, 0.4) is 0 Å². The van der Waals surface area contributed by atoms with Gasteiger partial charge in [-0.15, -0.1) is 0 Å². The molecule has 4 nitrogen and oxygen atoms in total. The molecule has 0 radical (unpaired) electrons. The number of ketones is 1. The van der Waals surface area contributed by atoms with Crippen molar-refractivity contribution in [1.82, 2.24) is 0 Å². The number of ether oxygens (including phenoxy) is 2. The van der Waals surface area contributed by atoms with E-state index in [0.717, 1.165) is 22.6 Å². The molecule has 0 amide bonds. The Bertz CT molecular complexity index is 781. The second-order valence-electron chi connectivity index (χ2n) is 6.60. The molecule has 2 aromatic rings. The summed E-state index contributed by atoms with van der Waals surface area (Å²) in [6.07, 6.45) is 1.00. The number of hydrogen-bond acceptors (Lipinski definition) is 4. The van der Waals surface area contributed by atoms with Crippen LogP contribution in [0.1, 0.15) is 36.8 Å². The van der Waals surface area contributed by atoms with E-state index in [-0.39, 0.29) is 29.5 Å². The molecule has 2 aromatic carbocycles. The van der Waals surface area contributed by atoms with Crippen molar-refractivity contribution < 1.29 is 19.1 Å². The monoisotopic (exact) mass is 336 g/mol. The molecule has 0 spiro atoms. The lowest BCUT2D eigenvalue weighted by Crippen LogP contribution is -2.17. The lowest BCUT2D eigenvalue weighted by atomic mass is 9.83. The van der Waals surface area contributed by atoms with Gasteiger partial charge in [0.15, 0.2) is 0 Å². The Balaban J connectivity index is 1.57. The molecular formula is C21H20O4. The summed E-state index contributed by atoms with van der Waals surface area (Å²) in [6, 6.07) is 15.7. The summed E-state index contributed by atoms with van der Waals surface area (Å²) in [6.45, 7) is 2.14. The molecule has 4 heteroatoms. The average molecular weight is 336 g/mol. The molecule has 128 valence electrons. The van der Waals surface area contributed by atoms with Gasteiger partial charge in [0.25, 0.3) is 0 Å². The number of fused-ring (bicyclic) bond motifs is 2. The molecule has 0 aromatic heterocycles. The standard InChI is InChI=1S/C21H20O4/c1-2-24-21(23)17-11-16(17)18(22)12-15-13-7-3-5-9-19(13)25-20-10-6-4-8-14(15)20/h3-10,15-17H,2,11-12H2,1H3/t16-,17-/m0/s1. The van der Waals surface area contributed by atoms with Gasteiger partial charge in [-0.25, -0.2) is 0 Å². The highest BCUT2D eigenvalue weighted by atomic mass is 16.5. The van der Waals surface area contributed by atoms with E-state index >= 15 is 0 Å². The zero-order valence-electron chi connectivity index (χ0n) is 14.1. The highest BCUT2D eigenvalue weighted by Gasteiger charge is 2.49. The van der Waals surface area contributed by atoms with E-state index in [9.17, 15) is 9.59 Å². The molecule has 0 saturated heterocycles. The Labute approximate surface area is 146 Å². The maximum atomic E-state index is 12.8. The molecule has 1 saturated carbocycles. The fraction of sp³-hybridized carbons (Fsp3) is 0.333. The zero-order chi connectivity index (χ0) is 17.4. The lowest BCUT2D eigenvalue weighted by molar-refractivity contribution is -0.145. The topological polar surface area (TPSA) is 52.6 Å². The number of hydrogen-bond donors (Lipinski definition) is 0. The Morgan fingerprint density at radius 1 is 1.00 bits per heavy atom. The molecule has 4 rings (SSSR count). The molecule has 1 aliphatic carbocycles. The molecule has 0 unspecified atom stereocenters. The van der Waals surface area contributed by atoms with Gasteiger partial charge in [0.05, 0.1) is 12.5 Å². The summed E-state index contributed by atoms with van der Waals surface area (Å²) in [5, 5.41) is 0. The molecule has 1 heterocycles. The van der Waals surface area contributed by atoms with Crippen LogP contribution in [0, 0.1) is 11.8 Å². The summed E-state index contributed by atoms with van der Waals surface area (Å²) in [5.74, 6) is 1.02. The number of carbonyl (C=O) groups is 2. The Kier molecular flexibility index (Phi) is 4.04. The van der Waals surface area contributed by atoms with Crippen molar-refractivity contribution in [1.29, 1.82) is 0 Å². The highest BCUT2D eigenvalue weighted by molar-refractivity contribution is 5.92. The smallest absolute Gasteiger partial charge is 0.309 e. The summed E-state index contributed by atoms with van der Waals surface area (Å²) in [7, 11) is 0. The van der Waals surface area contributed by atoms with Gasteiger partial charge in [0.1, 0.15) is 17.3 Å². The third-order valence-corrected chi connectivity index (χ3v) is 5.01. The molecule has 0 bridgehead atoms. The highest BCUT2D eigenvalue weighted by Crippen LogP contribution is 2.48. The van der Waals surface area contributed by atoms with Gasteiger partial charge in [-0.3, -0.25) is 9.59 Å². The van der Waals surface area contributed by atoms with Crippen molar-refractivity contribution in [3.8, 4) is 11.5 Å². The van der Waals surface area contributed by atoms with E-state index in [1.54, 1.807) is 6.92 Å². The molecule has 2 aliphatic rings. The van der Waals surface area contributed by atoms with Gasteiger partial charge in [-0.2, -0.15) is 0 Å². The van der Waals surface area contributed by atoms with E-state index in [4.69, 9.17) is 9.47 Å². The van der Waals surface area contributed by atoms with Crippen LogP contribution in [-0.4, -0.2) is 18.4 Å². The van der Waals surface area contributed by atoms with E-state index < -0.39 is 0 Å². The zero-order valence-corrected chi connectivity index (χ0v) is 14.1. The lowest BCUT2D eigenvalue weighted by Gasteiger charge is -2.27. The molecule has 25 heavy (non-hydrogen) atoms. The third kappa shape index (κ3) is 2.93. The Hall–Kier alpha value is -2.62. The first-order chi connectivity index (χ1) is 12.2. The van der Waals surface area contributed by atoms with Crippen LogP contribution in [0.5, 0.6) is 11.5 Å². The molecular weight excluding hydrogens is 316 g/mol. The van der Waals surface area contributed by atoms with Gasteiger partial charge in [-0.05, 0) is 25.5 Å². The maximum Gasteiger partial charge on any atom is 0.309 e. The second kappa shape index (κ2) is 6.36. The third-order valence-electron chi connectivity index (χ3n) is 5.01. The first kappa shape index (κ1) is 15.9. The van der Waals surface area contributed by atoms with Crippen LogP contribution >= 0.6 is 0 Å². The van der Waals surface area contributed by atoms with Crippen molar-refractivity contribution in [2.24, 2.45) is 11.8 Å². The fourth-order valence-corrected chi connectivity index (χ4v) is 3.64. The largest absolute Gasteiger partial charge is 0.466 e. The van der Waals surface area contributed by atoms with Crippen molar-refractivity contribution in [2.45, 2.75) is 25.7 Å². The molecule has 0 N–H and O–H groups in total. The summed E-state index contributed by atoms with van der Waals surface area (Å²) < 4.78 is 11.0. The van der Waals surface area contributed by atoms with Crippen molar-refractivity contribution in [2.75, 3.05) is 6.61 Å². The van der Waals surface area contributed by atoms with E-state index in [2.05, 4.69) is 0 Å². The van der Waals surface area contributed by atoms with Crippen molar-refractivity contribution >= 4 is 11.8 Å². The van der Waals surface area contributed by atoms with Crippen molar-refractivity contribution in [3.63, 3.8) is 0 Å². The molecule has 1 aliphatic heterocycles. The Morgan fingerprint density at radius 3 is 2.20 bits per heavy atom. The number of para-hydroxylation sites is 2. The Morgan fingerprint density at radius 2 is 1.60 bits per heavy atom. The van der Waals surface area contributed by atoms with Crippen LogP contribution in [0.15, 0.2) is 48.5 Å². The first-order valence-corrected chi connectivity index (χ1v) is 8.74. The number of carbonyl (C=O) groups excluding carboxylic acids is 2. The molecule has 2 atom stereocenters. The predicted octanol–water partition coefficient (Wildman–Crippen LogP) is 4.08. The van der Waals surface area contributed by atoms with Gasteiger partial charge in [0, 0.05) is 29.4 Å². The van der Waals surface area contributed by atoms with Crippen molar-refractivity contribution in [3.05, 3.63) is 59.7 Å². The van der Waals surface area contributed by atoms with E-state index in [0.29, 0.717) is 19.4 Å². The van der Waals surface area contributed by atoms with Gasteiger partial charge < -0.3 is 9.47 Å². The van der Waals surface area contributed by atoms with Gasteiger partial charge >= 0.3 is 5.97 Å². The van der Waals surface area contributed by atoms with Crippen LogP contribution in [0.2, 0.25) is 0 Å². The predicted molar refractivity (Wildman–Crippen MR) is 92.7 cm³/mol. The summed E-state index contributed by atoms with van der Waals surface area (Å²) in [4.78, 5) is 24.6.